The van der Waals surface area contributed by atoms with Crippen molar-refractivity contribution < 1.29 is 9.53 Å². The monoisotopic (exact) mass is 233 g/mol. The van der Waals surface area contributed by atoms with Crippen LogP contribution < -0.4 is 10.1 Å². The van der Waals surface area contributed by atoms with E-state index >= 15 is 0 Å². The predicted octanol–water partition coefficient (Wildman–Crippen LogP) is 2.41. The first-order chi connectivity index (χ1) is 8.29. The molecule has 2 rings (SSSR count). The third kappa shape index (κ3) is 3.30. The Hall–Kier alpha value is -1.35. The summed E-state index contributed by atoms with van der Waals surface area (Å²) in [4.78, 5) is 11.7. The van der Waals surface area contributed by atoms with E-state index in [0.717, 1.165) is 24.2 Å². The number of rotatable bonds is 5. The van der Waals surface area contributed by atoms with E-state index in [1.165, 1.54) is 12.8 Å². The smallest absolute Gasteiger partial charge is 0.176 e. The maximum atomic E-state index is 11.7. The average molecular weight is 233 g/mol. The predicted molar refractivity (Wildman–Crippen MR) is 67.6 cm³/mol. The van der Waals surface area contributed by atoms with E-state index in [0.29, 0.717) is 12.6 Å². The molecule has 0 atom stereocenters. The van der Waals surface area contributed by atoms with Gasteiger partial charge in [0.05, 0.1) is 12.6 Å². The molecule has 0 unspecified atom stereocenters. The van der Waals surface area contributed by atoms with Gasteiger partial charge in [-0.2, -0.15) is 0 Å². The normalized spacial score (nSPS) is 16.1. The highest BCUT2D eigenvalue weighted by atomic mass is 16.5. The number of ether oxygens (including phenoxy) is 1. The zero-order chi connectivity index (χ0) is 12.1. The maximum Gasteiger partial charge on any atom is 0.176 e. The molecule has 92 valence electrons. The maximum absolute atomic E-state index is 11.7. The van der Waals surface area contributed by atoms with Crippen molar-refractivity contribution in [3.05, 3.63) is 29.8 Å². The van der Waals surface area contributed by atoms with Crippen LogP contribution in [0.3, 0.4) is 0 Å². The van der Waals surface area contributed by atoms with Crippen LogP contribution in [0.2, 0.25) is 0 Å². The number of likely N-dealkylation sites (N-methyl/N-ethyl adjacent to an activating group) is 1. The van der Waals surface area contributed by atoms with Gasteiger partial charge in [-0.25, -0.2) is 0 Å². The highest BCUT2D eigenvalue weighted by Gasteiger charge is 2.16. The van der Waals surface area contributed by atoms with Crippen molar-refractivity contribution in [1.29, 1.82) is 0 Å². The molecule has 1 aliphatic carbocycles. The summed E-state index contributed by atoms with van der Waals surface area (Å²) in [5.41, 5.74) is 0.717. The summed E-state index contributed by atoms with van der Waals surface area (Å²) >= 11 is 0. The third-order valence-corrected chi connectivity index (χ3v) is 3.10. The quantitative estimate of drug-likeness (QED) is 0.794. The Morgan fingerprint density at radius 2 is 2.18 bits per heavy atom. The Balaban J connectivity index is 2.02. The number of carbonyl (C=O) groups excluding carboxylic acids is 1. The topological polar surface area (TPSA) is 38.3 Å². The van der Waals surface area contributed by atoms with Gasteiger partial charge in [0, 0.05) is 5.56 Å². The van der Waals surface area contributed by atoms with E-state index < -0.39 is 0 Å². The Morgan fingerprint density at radius 3 is 2.88 bits per heavy atom. The minimum Gasteiger partial charge on any atom is -0.490 e. The molecule has 17 heavy (non-hydrogen) atoms. The van der Waals surface area contributed by atoms with Crippen LogP contribution in [0.5, 0.6) is 5.75 Å². The van der Waals surface area contributed by atoms with Crippen molar-refractivity contribution in [2.45, 2.75) is 31.8 Å². The van der Waals surface area contributed by atoms with Gasteiger partial charge in [-0.3, -0.25) is 4.79 Å². The first-order valence-corrected chi connectivity index (χ1v) is 6.24. The molecule has 0 aliphatic heterocycles. The van der Waals surface area contributed by atoms with Gasteiger partial charge in [0.1, 0.15) is 5.75 Å². The summed E-state index contributed by atoms with van der Waals surface area (Å²) < 4.78 is 5.87. The Labute approximate surface area is 102 Å². The molecule has 0 heterocycles. The fraction of sp³-hybridized carbons (Fsp3) is 0.500. The second kappa shape index (κ2) is 5.82. The van der Waals surface area contributed by atoms with Gasteiger partial charge in [-0.15, -0.1) is 0 Å². The molecule has 1 fully saturated rings. The van der Waals surface area contributed by atoms with Crippen LogP contribution in [-0.2, 0) is 0 Å². The summed E-state index contributed by atoms with van der Waals surface area (Å²) in [5.74, 6) is 0.920. The van der Waals surface area contributed by atoms with E-state index in [4.69, 9.17) is 4.74 Å². The van der Waals surface area contributed by atoms with Gasteiger partial charge in [0.15, 0.2) is 5.78 Å². The molecule has 3 nitrogen and oxygen atoms in total. The molecule has 0 bridgehead atoms. The number of hydrogen-bond donors (Lipinski definition) is 1. The van der Waals surface area contributed by atoms with Crippen LogP contribution in [0, 0.1) is 0 Å². The van der Waals surface area contributed by atoms with Gasteiger partial charge >= 0.3 is 0 Å². The van der Waals surface area contributed by atoms with Gasteiger partial charge in [0.25, 0.3) is 0 Å². The summed E-state index contributed by atoms with van der Waals surface area (Å²) in [5, 5.41) is 2.87. The number of carbonyl (C=O) groups is 1. The van der Waals surface area contributed by atoms with Crippen LogP contribution in [-0.4, -0.2) is 25.5 Å². The summed E-state index contributed by atoms with van der Waals surface area (Å²) in [6, 6.07) is 7.49. The molecular formula is C14H19NO2. The standard InChI is InChI=1S/C14H19NO2/c1-15-10-14(16)11-5-4-8-13(9-11)17-12-6-2-3-7-12/h4-5,8-9,12,15H,2-3,6-7,10H2,1H3. The fourth-order valence-corrected chi connectivity index (χ4v) is 2.20. The third-order valence-electron chi connectivity index (χ3n) is 3.10. The Morgan fingerprint density at radius 1 is 1.41 bits per heavy atom. The summed E-state index contributed by atoms with van der Waals surface area (Å²) in [6.07, 6.45) is 5.11. The Bertz CT molecular complexity index is 384. The molecule has 1 aromatic rings. The molecule has 0 radical (unpaired) electrons. The van der Waals surface area contributed by atoms with Crippen molar-refractivity contribution in [2.24, 2.45) is 0 Å². The highest BCUT2D eigenvalue weighted by molar-refractivity contribution is 5.97. The largest absolute Gasteiger partial charge is 0.490 e. The molecule has 0 saturated heterocycles. The highest BCUT2D eigenvalue weighted by Crippen LogP contribution is 2.24. The molecule has 1 aromatic carbocycles. The van der Waals surface area contributed by atoms with Crippen LogP contribution in [0.25, 0.3) is 0 Å². The zero-order valence-corrected chi connectivity index (χ0v) is 10.2. The summed E-state index contributed by atoms with van der Waals surface area (Å²) in [7, 11) is 1.77. The van der Waals surface area contributed by atoms with Crippen molar-refractivity contribution in [3.63, 3.8) is 0 Å². The molecule has 1 saturated carbocycles. The molecule has 1 aliphatic rings. The van der Waals surface area contributed by atoms with Crippen molar-refractivity contribution in [1.82, 2.24) is 5.32 Å². The first kappa shape index (κ1) is 12.1. The number of ketones is 1. The van der Waals surface area contributed by atoms with E-state index in [-0.39, 0.29) is 5.78 Å². The van der Waals surface area contributed by atoms with Crippen LogP contribution >= 0.6 is 0 Å². The first-order valence-electron chi connectivity index (χ1n) is 6.24. The lowest BCUT2D eigenvalue weighted by Gasteiger charge is -2.13. The van der Waals surface area contributed by atoms with Gasteiger partial charge in [0.2, 0.25) is 0 Å². The number of hydrogen-bond acceptors (Lipinski definition) is 3. The second-order valence-electron chi connectivity index (χ2n) is 4.51. The zero-order valence-electron chi connectivity index (χ0n) is 10.2. The van der Waals surface area contributed by atoms with Crippen LogP contribution in [0.1, 0.15) is 36.0 Å². The fourth-order valence-electron chi connectivity index (χ4n) is 2.20. The second-order valence-corrected chi connectivity index (χ2v) is 4.51. The molecule has 0 spiro atoms. The van der Waals surface area contributed by atoms with Gasteiger partial charge in [-0.05, 0) is 44.9 Å². The van der Waals surface area contributed by atoms with Crippen molar-refractivity contribution >= 4 is 5.78 Å². The molecule has 0 amide bonds. The SMILES string of the molecule is CNCC(=O)c1cccc(OC2CCCC2)c1. The molecular weight excluding hydrogens is 214 g/mol. The Kier molecular flexibility index (Phi) is 4.15. The van der Waals surface area contributed by atoms with Crippen molar-refractivity contribution in [3.8, 4) is 5.75 Å². The number of benzene rings is 1. The minimum absolute atomic E-state index is 0.101. The van der Waals surface area contributed by atoms with E-state index in [2.05, 4.69) is 5.32 Å². The molecule has 0 aromatic heterocycles. The van der Waals surface area contributed by atoms with E-state index in [1.807, 2.05) is 24.3 Å². The lowest BCUT2D eigenvalue weighted by molar-refractivity contribution is 0.0992. The van der Waals surface area contributed by atoms with Crippen LogP contribution in [0.4, 0.5) is 0 Å². The molecule has 1 N–H and O–H groups in total. The van der Waals surface area contributed by atoms with Crippen molar-refractivity contribution in [2.75, 3.05) is 13.6 Å². The summed E-state index contributed by atoms with van der Waals surface area (Å²) in [6.45, 7) is 0.368. The van der Waals surface area contributed by atoms with Gasteiger partial charge in [-0.1, -0.05) is 12.1 Å². The minimum atomic E-state index is 0.101. The number of nitrogens with one attached hydrogen (secondary N) is 1. The average Bonchev–Trinajstić information content (AvgIpc) is 2.82. The molecule has 3 heteroatoms. The lowest BCUT2D eigenvalue weighted by atomic mass is 10.1. The lowest BCUT2D eigenvalue weighted by Crippen LogP contribution is -2.18. The van der Waals surface area contributed by atoms with Crippen LogP contribution in [0.15, 0.2) is 24.3 Å². The van der Waals surface area contributed by atoms with E-state index in [1.54, 1.807) is 7.05 Å². The number of Topliss-reactive ketones (excluding diaryl/α,β-unsaturated/α-hetero) is 1. The van der Waals surface area contributed by atoms with E-state index in [9.17, 15) is 4.79 Å². The van der Waals surface area contributed by atoms with Gasteiger partial charge < -0.3 is 10.1 Å².